The van der Waals surface area contributed by atoms with E-state index in [4.69, 9.17) is 9.47 Å². The Morgan fingerprint density at radius 3 is 2.54 bits per heavy atom. The molecule has 0 aromatic rings. The van der Waals surface area contributed by atoms with Gasteiger partial charge in [0.15, 0.2) is 6.61 Å². The van der Waals surface area contributed by atoms with Gasteiger partial charge in [0.2, 0.25) is 0 Å². The van der Waals surface area contributed by atoms with Crippen LogP contribution in [0.4, 0.5) is 0 Å². The quantitative estimate of drug-likeness (QED) is 0.515. The third-order valence-corrected chi connectivity index (χ3v) is 9.23. The summed E-state index contributed by atoms with van der Waals surface area (Å²) in [6.45, 7) is 10.3. The van der Waals surface area contributed by atoms with Crippen molar-refractivity contribution in [3.8, 4) is 0 Å². The molecule has 1 spiro atoms. The van der Waals surface area contributed by atoms with Gasteiger partial charge in [-0.2, -0.15) is 0 Å². The van der Waals surface area contributed by atoms with E-state index in [2.05, 4.69) is 27.4 Å². The topological polar surface area (TPSA) is 52.6 Å². The monoisotopic (exact) mass is 386 g/mol. The fraction of sp³-hybridized carbons (Fsp3) is 0.833. The lowest BCUT2D eigenvalue weighted by atomic mass is 9.62. The number of carbonyl (C=O) groups excluding carboxylic acids is 2. The van der Waals surface area contributed by atoms with Gasteiger partial charge < -0.3 is 9.47 Å². The molecule has 5 aliphatic rings. The van der Waals surface area contributed by atoms with Crippen LogP contribution in [0.25, 0.3) is 0 Å². The van der Waals surface area contributed by atoms with Gasteiger partial charge in [0, 0.05) is 23.8 Å². The zero-order valence-corrected chi connectivity index (χ0v) is 17.5. The molecular weight excluding hydrogens is 352 g/mol. The average Bonchev–Trinajstić information content (AvgIpc) is 2.91. The summed E-state index contributed by atoms with van der Waals surface area (Å²) < 4.78 is 11.5. The van der Waals surface area contributed by atoms with Gasteiger partial charge in [0.1, 0.15) is 5.60 Å². The Hall–Kier alpha value is -1.32. The number of rotatable bonds is 5. The van der Waals surface area contributed by atoms with Crippen molar-refractivity contribution in [3.63, 3.8) is 0 Å². The molecule has 0 saturated heterocycles. The minimum atomic E-state index is -0.561. The van der Waals surface area contributed by atoms with Crippen molar-refractivity contribution in [3.05, 3.63) is 12.7 Å². The van der Waals surface area contributed by atoms with Crippen LogP contribution < -0.4 is 0 Å². The number of fused-ring (bicyclic) bond motifs is 3. The Labute approximate surface area is 168 Å². The van der Waals surface area contributed by atoms with E-state index in [1.54, 1.807) is 0 Å². The van der Waals surface area contributed by atoms with Crippen LogP contribution in [-0.2, 0) is 19.1 Å². The summed E-state index contributed by atoms with van der Waals surface area (Å²) in [5.41, 5.74) is 0.412. The Balaban J connectivity index is 1.44. The van der Waals surface area contributed by atoms with Crippen molar-refractivity contribution in [1.29, 1.82) is 0 Å². The SMILES string of the molecule is C=CC(=O)OCC(=O)OC1(C2CC3CC2CC3C)C2CC(C)(C)CC3(C2)CC31. The van der Waals surface area contributed by atoms with Gasteiger partial charge >= 0.3 is 11.9 Å². The summed E-state index contributed by atoms with van der Waals surface area (Å²) in [4.78, 5) is 24.3. The van der Waals surface area contributed by atoms with Crippen molar-refractivity contribution in [2.24, 2.45) is 46.3 Å². The molecular formula is C24H34O4. The summed E-state index contributed by atoms with van der Waals surface area (Å²) >= 11 is 0. The highest BCUT2D eigenvalue weighted by molar-refractivity contribution is 5.83. The first-order valence-electron chi connectivity index (χ1n) is 11.2. The van der Waals surface area contributed by atoms with E-state index in [-0.39, 0.29) is 18.2 Å². The van der Waals surface area contributed by atoms with E-state index in [1.165, 1.54) is 38.5 Å². The van der Waals surface area contributed by atoms with Gasteiger partial charge in [-0.05, 0) is 73.5 Å². The van der Waals surface area contributed by atoms with E-state index in [9.17, 15) is 9.59 Å². The zero-order chi connectivity index (χ0) is 19.9. The summed E-state index contributed by atoms with van der Waals surface area (Å²) in [6, 6.07) is 0. The van der Waals surface area contributed by atoms with Crippen molar-refractivity contribution < 1.29 is 19.1 Å². The molecule has 4 bridgehead atoms. The van der Waals surface area contributed by atoms with Gasteiger partial charge in [-0.25, -0.2) is 9.59 Å². The molecule has 0 radical (unpaired) electrons. The minimum Gasteiger partial charge on any atom is -0.456 e. The van der Waals surface area contributed by atoms with Crippen LogP contribution in [-0.4, -0.2) is 24.1 Å². The van der Waals surface area contributed by atoms with Gasteiger partial charge in [0.05, 0.1) is 0 Å². The lowest BCUT2D eigenvalue weighted by Crippen LogP contribution is -2.52. The van der Waals surface area contributed by atoms with Crippen molar-refractivity contribution in [2.75, 3.05) is 6.61 Å². The summed E-state index contributed by atoms with van der Waals surface area (Å²) in [5.74, 6) is 2.87. The normalized spacial score (nSPS) is 49.4. The lowest BCUT2D eigenvalue weighted by molar-refractivity contribution is -0.189. The van der Waals surface area contributed by atoms with Crippen LogP contribution in [0.3, 0.4) is 0 Å². The first kappa shape index (κ1) is 18.7. The Kier molecular flexibility index (Phi) is 3.91. The maximum absolute atomic E-state index is 12.8. The fourth-order valence-corrected chi connectivity index (χ4v) is 8.66. The fourth-order valence-electron chi connectivity index (χ4n) is 8.66. The summed E-state index contributed by atoms with van der Waals surface area (Å²) in [5, 5.41) is 0. The maximum atomic E-state index is 12.8. The Bertz CT molecular complexity index is 724. The Morgan fingerprint density at radius 2 is 1.89 bits per heavy atom. The predicted octanol–water partition coefficient (Wildman–Crippen LogP) is 4.53. The first-order valence-corrected chi connectivity index (χ1v) is 11.2. The van der Waals surface area contributed by atoms with Crippen LogP contribution in [0.5, 0.6) is 0 Å². The second-order valence-corrected chi connectivity index (χ2v) is 11.5. The van der Waals surface area contributed by atoms with Gasteiger partial charge in [-0.15, -0.1) is 0 Å². The number of hydrogen-bond donors (Lipinski definition) is 0. The smallest absolute Gasteiger partial charge is 0.344 e. The molecule has 0 amide bonds. The van der Waals surface area contributed by atoms with Crippen LogP contribution in [0.2, 0.25) is 0 Å². The van der Waals surface area contributed by atoms with Crippen LogP contribution in [0.1, 0.15) is 65.7 Å². The third kappa shape index (κ3) is 2.55. The van der Waals surface area contributed by atoms with Crippen molar-refractivity contribution in [2.45, 2.75) is 71.3 Å². The molecule has 5 rings (SSSR count). The zero-order valence-electron chi connectivity index (χ0n) is 17.5. The second kappa shape index (κ2) is 5.86. The highest BCUT2D eigenvalue weighted by atomic mass is 16.6. The molecule has 8 unspecified atom stereocenters. The highest BCUT2D eigenvalue weighted by Crippen LogP contribution is 2.81. The Morgan fingerprint density at radius 1 is 1.11 bits per heavy atom. The van der Waals surface area contributed by atoms with Crippen molar-refractivity contribution >= 4 is 11.9 Å². The summed E-state index contributed by atoms with van der Waals surface area (Å²) in [6.07, 6.45) is 9.77. The second-order valence-electron chi connectivity index (χ2n) is 11.5. The molecule has 0 aromatic heterocycles. The van der Waals surface area contributed by atoms with Crippen LogP contribution >= 0.6 is 0 Å². The molecule has 28 heavy (non-hydrogen) atoms. The molecule has 0 heterocycles. The molecule has 154 valence electrons. The number of esters is 2. The largest absolute Gasteiger partial charge is 0.456 e. The van der Waals surface area contributed by atoms with Crippen molar-refractivity contribution in [1.82, 2.24) is 0 Å². The van der Waals surface area contributed by atoms with Crippen LogP contribution in [0, 0.1) is 46.3 Å². The van der Waals surface area contributed by atoms with E-state index >= 15 is 0 Å². The third-order valence-electron chi connectivity index (χ3n) is 9.23. The summed E-state index contributed by atoms with van der Waals surface area (Å²) in [7, 11) is 0. The van der Waals surface area contributed by atoms with Gasteiger partial charge in [0.25, 0.3) is 0 Å². The number of carbonyl (C=O) groups is 2. The van der Waals surface area contributed by atoms with Crippen LogP contribution in [0.15, 0.2) is 12.7 Å². The standard InChI is InChI=1S/C24H34O4/c1-5-20(25)27-12-21(26)28-24(18-8-15-7-16(18)6-14(15)2)17-9-22(3,4)13-23(10-17)11-19(23)24/h5,14-19H,1,6-13H2,2-4H3. The number of ether oxygens (including phenoxy) is 2. The number of hydrogen-bond acceptors (Lipinski definition) is 4. The lowest BCUT2D eigenvalue weighted by Gasteiger charge is -2.48. The molecule has 5 aliphatic carbocycles. The van der Waals surface area contributed by atoms with E-state index < -0.39 is 5.97 Å². The van der Waals surface area contributed by atoms with E-state index in [0.717, 1.165) is 24.3 Å². The molecule has 4 nitrogen and oxygen atoms in total. The average molecular weight is 387 g/mol. The molecule has 0 aliphatic heterocycles. The molecule has 5 saturated carbocycles. The predicted molar refractivity (Wildman–Crippen MR) is 105 cm³/mol. The minimum absolute atomic E-state index is 0.292. The molecule has 8 atom stereocenters. The molecule has 5 fully saturated rings. The van der Waals surface area contributed by atoms with Gasteiger partial charge in [-0.3, -0.25) is 0 Å². The highest BCUT2D eigenvalue weighted by Gasteiger charge is 2.79. The molecule has 4 heteroatoms. The van der Waals surface area contributed by atoms with Gasteiger partial charge in [-0.1, -0.05) is 27.4 Å². The maximum Gasteiger partial charge on any atom is 0.344 e. The molecule has 0 N–H and O–H groups in total. The first-order chi connectivity index (χ1) is 13.2. The van der Waals surface area contributed by atoms with E-state index in [1.807, 2.05) is 0 Å². The van der Waals surface area contributed by atoms with E-state index in [0.29, 0.717) is 34.5 Å². The molecule has 0 aromatic carbocycles.